The second-order valence-corrected chi connectivity index (χ2v) is 5.03. The summed E-state index contributed by atoms with van der Waals surface area (Å²) >= 11 is 0. The first-order chi connectivity index (χ1) is 10.9. The number of hydrogen-bond acceptors (Lipinski definition) is 3. The Morgan fingerprint density at radius 3 is 2.64 bits per heavy atom. The highest BCUT2D eigenvalue weighted by atomic mass is 16.5. The van der Waals surface area contributed by atoms with Crippen molar-refractivity contribution in [1.29, 1.82) is 0 Å². The van der Waals surface area contributed by atoms with Crippen LogP contribution in [0.25, 0.3) is 5.69 Å². The number of nitrogens with zero attached hydrogens (tertiary/aromatic N) is 2. The van der Waals surface area contributed by atoms with Gasteiger partial charge < -0.3 is 14.6 Å². The van der Waals surface area contributed by atoms with Crippen LogP contribution in [0.4, 0.5) is 0 Å². The molecule has 3 rings (SSSR count). The van der Waals surface area contributed by atoms with Crippen LogP contribution in [0.1, 0.15) is 11.3 Å². The van der Waals surface area contributed by atoms with Crippen molar-refractivity contribution in [3.63, 3.8) is 0 Å². The number of benzene rings is 1. The fourth-order valence-electron chi connectivity index (χ4n) is 2.39. The van der Waals surface area contributed by atoms with E-state index in [-0.39, 0.29) is 0 Å². The van der Waals surface area contributed by atoms with Crippen LogP contribution >= 0.6 is 0 Å². The molecule has 0 aliphatic heterocycles. The Hall–Kier alpha value is -2.59. The zero-order valence-corrected chi connectivity index (χ0v) is 12.6. The molecule has 4 heteroatoms. The van der Waals surface area contributed by atoms with Gasteiger partial charge in [-0.2, -0.15) is 0 Å². The van der Waals surface area contributed by atoms with E-state index in [1.165, 1.54) is 11.3 Å². The molecule has 2 heterocycles. The van der Waals surface area contributed by atoms with E-state index in [2.05, 4.69) is 51.4 Å². The third-order valence-corrected chi connectivity index (χ3v) is 3.55. The van der Waals surface area contributed by atoms with Crippen LogP contribution in [0.5, 0.6) is 5.75 Å². The van der Waals surface area contributed by atoms with Gasteiger partial charge in [0.25, 0.3) is 0 Å². The van der Waals surface area contributed by atoms with Gasteiger partial charge >= 0.3 is 0 Å². The number of ether oxygens (including phenoxy) is 1. The molecule has 1 N–H and O–H groups in total. The molecule has 0 radical (unpaired) electrons. The third kappa shape index (κ3) is 3.35. The van der Waals surface area contributed by atoms with Crippen molar-refractivity contribution in [2.75, 3.05) is 7.11 Å². The summed E-state index contributed by atoms with van der Waals surface area (Å²) in [4.78, 5) is 4.17. The third-order valence-electron chi connectivity index (χ3n) is 3.55. The molecule has 0 spiro atoms. The molecule has 0 atom stereocenters. The highest BCUT2D eigenvalue weighted by Crippen LogP contribution is 2.13. The van der Waals surface area contributed by atoms with Crippen LogP contribution < -0.4 is 10.1 Å². The van der Waals surface area contributed by atoms with Gasteiger partial charge in [0, 0.05) is 31.2 Å². The molecule has 3 aromatic rings. The van der Waals surface area contributed by atoms with E-state index in [1.807, 2.05) is 24.4 Å². The van der Waals surface area contributed by atoms with E-state index in [0.717, 1.165) is 24.5 Å². The number of rotatable bonds is 6. The Morgan fingerprint density at radius 1 is 1.05 bits per heavy atom. The van der Waals surface area contributed by atoms with Crippen molar-refractivity contribution in [2.45, 2.75) is 13.1 Å². The highest BCUT2D eigenvalue weighted by molar-refractivity contribution is 5.32. The van der Waals surface area contributed by atoms with E-state index < -0.39 is 0 Å². The molecule has 0 saturated carbocycles. The lowest BCUT2D eigenvalue weighted by Gasteiger charge is -2.10. The number of hydrogen-bond donors (Lipinski definition) is 1. The Labute approximate surface area is 130 Å². The van der Waals surface area contributed by atoms with Gasteiger partial charge in [-0.05, 0) is 42.0 Å². The minimum Gasteiger partial charge on any atom is -0.497 e. The highest BCUT2D eigenvalue weighted by Gasteiger charge is 2.03. The molecule has 1 aromatic carbocycles. The van der Waals surface area contributed by atoms with Crippen LogP contribution in [0.2, 0.25) is 0 Å². The molecule has 22 heavy (non-hydrogen) atoms. The fraction of sp³-hybridized carbons (Fsp3) is 0.167. The van der Waals surface area contributed by atoms with Crippen LogP contribution in [0.3, 0.4) is 0 Å². The molecule has 0 aliphatic carbocycles. The lowest BCUT2D eigenvalue weighted by Crippen LogP contribution is -2.15. The number of aromatic nitrogens is 2. The molecule has 0 amide bonds. The van der Waals surface area contributed by atoms with Crippen LogP contribution in [0, 0.1) is 0 Å². The average molecular weight is 293 g/mol. The Balaban J connectivity index is 1.61. The quantitative estimate of drug-likeness (QED) is 0.758. The first-order valence-corrected chi connectivity index (χ1v) is 7.27. The van der Waals surface area contributed by atoms with Gasteiger partial charge in [0.2, 0.25) is 0 Å². The zero-order valence-electron chi connectivity index (χ0n) is 12.6. The maximum atomic E-state index is 5.17. The number of nitrogens with one attached hydrogen (secondary N) is 1. The smallest absolute Gasteiger partial charge is 0.118 e. The molecular weight excluding hydrogens is 274 g/mol. The Kier molecular flexibility index (Phi) is 4.51. The second-order valence-electron chi connectivity index (χ2n) is 5.03. The minimum atomic E-state index is 0.800. The van der Waals surface area contributed by atoms with Gasteiger partial charge in [-0.1, -0.05) is 12.1 Å². The summed E-state index contributed by atoms with van der Waals surface area (Å²) in [6.07, 6.45) is 5.71. The van der Waals surface area contributed by atoms with E-state index in [9.17, 15) is 0 Å². The molecular formula is C18H19N3O. The van der Waals surface area contributed by atoms with Crippen LogP contribution in [0.15, 0.2) is 67.1 Å². The Bertz CT molecular complexity index is 705. The average Bonchev–Trinajstić information content (AvgIpc) is 3.05. The molecule has 0 bridgehead atoms. The first-order valence-electron chi connectivity index (χ1n) is 7.27. The number of pyridine rings is 1. The lowest BCUT2D eigenvalue weighted by atomic mass is 10.2. The summed E-state index contributed by atoms with van der Waals surface area (Å²) in [6.45, 7) is 1.62. The minimum absolute atomic E-state index is 0.800. The first kappa shape index (κ1) is 14.4. The standard InChI is InChI=1S/C18H19N3O/c1-22-18-8-6-15(7-9-18)12-20-14-17-5-3-11-21(17)16-4-2-10-19-13-16/h2-11,13,20H,12,14H2,1H3. The summed E-state index contributed by atoms with van der Waals surface area (Å²) < 4.78 is 7.31. The Morgan fingerprint density at radius 2 is 1.91 bits per heavy atom. The van der Waals surface area contributed by atoms with Gasteiger partial charge in [0.05, 0.1) is 19.0 Å². The van der Waals surface area contributed by atoms with Gasteiger partial charge in [-0.25, -0.2) is 0 Å². The summed E-state index contributed by atoms with van der Waals surface area (Å²) in [5.74, 6) is 0.884. The molecule has 0 saturated heterocycles. The van der Waals surface area contributed by atoms with E-state index >= 15 is 0 Å². The monoisotopic (exact) mass is 293 g/mol. The van der Waals surface area contributed by atoms with Gasteiger partial charge in [-0.15, -0.1) is 0 Å². The van der Waals surface area contributed by atoms with Crippen molar-refractivity contribution < 1.29 is 4.74 Å². The van der Waals surface area contributed by atoms with Crippen molar-refractivity contribution in [3.8, 4) is 11.4 Å². The van der Waals surface area contributed by atoms with E-state index in [4.69, 9.17) is 4.74 Å². The van der Waals surface area contributed by atoms with Crippen molar-refractivity contribution >= 4 is 0 Å². The van der Waals surface area contributed by atoms with Crippen molar-refractivity contribution in [2.24, 2.45) is 0 Å². The predicted molar refractivity (Wildman–Crippen MR) is 87.1 cm³/mol. The SMILES string of the molecule is COc1ccc(CNCc2cccn2-c2cccnc2)cc1. The van der Waals surface area contributed by atoms with Gasteiger partial charge in [-0.3, -0.25) is 4.98 Å². The maximum Gasteiger partial charge on any atom is 0.118 e. The largest absolute Gasteiger partial charge is 0.497 e. The summed E-state index contributed by atoms with van der Waals surface area (Å²) in [6, 6.07) is 16.3. The molecule has 4 nitrogen and oxygen atoms in total. The summed E-state index contributed by atoms with van der Waals surface area (Å²) in [7, 11) is 1.68. The number of methoxy groups -OCH3 is 1. The molecule has 0 aliphatic rings. The summed E-state index contributed by atoms with van der Waals surface area (Å²) in [5.41, 5.74) is 3.52. The van der Waals surface area contributed by atoms with Crippen molar-refractivity contribution in [1.82, 2.24) is 14.9 Å². The van der Waals surface area contributed by atoms with Gasteiger partial charge in [0.1, 0.15) is 5.75 Å². The van der Waals surface area contributed by atoms with Crippen molar-refractivity contribution in [3.05, 3.63) is 78.4 Å². The predicted octanol–water partition coefficient (Wildman–Crippen LogP) is 3.17. The maximum absolute atomic E-state index is 5.17. The second kappa shape index (κ2) is 6.91. The molecule has 0 fully saturated rings. The topological polar surface area (TPSA) is 39.1 Å². The summed E-state index contributed by atoms with van der Waals surface area (Å²) in [5, 5.41) is 3.47. The lowest BCUT2D eigenvalue weighted by molar-refractivity contribution is 0.414. The van der Waals surface area contributed by atoms with Crippen LogP contribution in [-0.2, 0) is 13.1 Å². The molecule has 112 valence electrons. The fourth-order valence-corrected chi connectivity index (χ4v) is 2.39. The van der Waals surface area contributed by atoms with E-state index in [0.29, 0.717) is 0 Å². The molecule has 2 aromatic heterocycles. The normalized spacial score (nSPS) is 10.6. The zero-order chi connectivity index (χ0) is 15.2. The van der Waals surface area contributed by atoms with Crippen LogP contribution in [-0.4, -0.2) is 16.7 Å². The molecule has 0 unspecified atom stereocenters. The van der Waals surface area contributed by atoms with Gasteiger partial charge in [0.15, 0.2) is 0 Å². The van der Waals surface area contributed by atoms with E-state index in [1.54, 1.807) is 13.3 Å².